The lowest BCUT2D eigenvalue weighted by Crippen LogP contribution is -2.28. The van der Waals surface area contributed by atoms with Crippen molar-refractivity contribution in [1.82, 2.24) is 14.9 Å². The number of benzene rings is 1. The van der Waals surface area contributed by atoms with Gasteiger partial charge in [0.2, 0.25) is 0 Å². The maximum Gasteiger partial charge on any atom is 0.258 e. The van der Waals surface area contributed by atoms with Crippen LogP contribution in [0, 0.1) is 11.6 Å². The Labute approximate surface area is 108 Å². The topological polar surface area (TPSA) is 74.8 Å². The van der Waals surface area contributed by atoms with Gasteiger partial charge in [0.1, 0.15) is 11.6 Å². The van der Waals surface area contributed by atoms with Crippen LogP contribution in [-0.2, 0) is 10.0 Å². The molecule has 0 bridgehead atoms. The summed E-state index contributed by atoms with van der Waals surface area (Å²) in [5.41, 5.74) is -0.328. The van der Waals surface area contributed by atoms with Crippen molar-refractivity contribution >= 4 is 10.0 Å². The number of hydrogen-bond donors (Lipinski definition) is 2. The third-order valence-corrected chi connectivity index (χ3v) is 4.00. The molecule has 5 nitrogen and oxygen atoms in total. The summed E-state index contributed by atoms with van der Waals surface area (Å²) in [6.45, 7) is 1.36. The van der Waals surface area contributed by atoms with Gasteiger partial charge in [-0.2, -0.15) is 5.10 Å². The molecule has 102 valence electrons. The maximum atomic E-state index is 13.5. The fourth-order valence-electron chi connectivity index (χ4n) is 1.67. The van der Waals surface area contributed by atoms with Gasteiger partial charge >= 0.3 is 0 Å². The Morgan fingerprint density at radius 1 is 1.26 bits per heavy atom. The fraction of sp³-hybridized carbons (Fsp3) is 0.182. The van der Waals surface area contributed by atoms with E-state index in [2.05, 4.69) is 14.9 Å². The van der Waals surface area contributed by atoms with Crippen molar-refractivity contribution in [3.05, 3.63) is 47.7 Å². The predicted molar refractivity (Wildman–Crippen MR) is 63.7 cm³/mol. The molecule has 0 amide bonds. The number of sulfonamides is 1. The van der Waals surface area contributed by atoms with Gasteiger partial charge in [0.15, 0.2) is 5.03 Å². The molecular weight excluding hydrogens is 276 g/mol. The van der Waals surface area contributed by atoms with E-state index in [0.29, 0.717) is 0 Å². The SMILES string of the molecule is CC(NS(=O)(=O)c1ccn[nH]1)c1c(F)cccc1F. The number of nitrogens with zero attached hydrogens (tertiary/aromatic N) is 1. The van der Waals surface area contributed by atoms with E-state index < -0.39 is 27.7 Å². The molecule has 0 aliphatic heterocycles. The van der Waals surface area contributed by atoms with Gasteiger partial charge in [-0.15, -0.1) is 0 Å². The summed E-state index contributed by atoms with van der Waals surface area (Å²) in [5, 5.41) is 5.62. The van der Waals surface area contributed by atoms with Crippen molar-refractivity contribution in [3.63, 3.8) is 0 Å². The zero-order chi connectivity index (χ0) is 14.0. The second-order valence-electron chi connectivity index (χ2n) is 3.90. The fourth-order valence-corrected chi connectivity index (χ4v) is 2.80. The quantitative estimate of drug-likeness (QED) is 0.899. The van der Waals surface area contributed by atoms with Gasteiger partial charge in [0.05, 0.1) is 12.2 Å². The van der Waals surface area contributed by atoms with Crippen molar-refractivity contribution in [2.75, 3.05) is 0 Å². The molecule has 1 aromatic carbocycles. The molecule has 0 saturated heterocycles. The van der Waals surface area contributed by atoms with Crippen LogP contribution in [0.1, 0.15) is 18.5 Å². The van der Waals surface area contributed by atoms with Gasteiger partial charge in [-0.05, 0) is 25.1 Å². The minimum absolute atomic E-state index is 0.170. The molecule has 0 aliphatic carbocycles. The highest BCUT2D eigenvalue weighted by molar-refractivity contribution is 7.89. The van der Waals surface area contributed by atoms with Crippen LogP contribution in [0.4, 0.5) is 8.78 Å². The van der Waals surface area contributed by atoms with Crippen molar-refractivity contribution in [3.8, 4) is 0 Å². The molecule has 8 heteroatoms. The first-order chi connectivity index (χ1) is 8.92. The average Bonchev–Trinajstić information content (AvgIpc) is 2.81. The summed E-state index contributed by atoms with van der Waals surface area (Å²) in [4.78, 5) is 0. The third kappa shape index (κ3) is 2.79. The zero-order valence-electron chi connectivity index (χ0n) is 9.89. The molecule has 0 fully saturated rings. The molecule has 0 saturated carbocycles. The van der Waals surface area contributed by atoms with Gasteiger partial charge in [-0.1, -0.05) is 6.07 Å². The van der Waals surface area contributed by atoms with E-state index in [-0.39, 0.29) is 10.6 Å². The van der Waals surface area contributed by atoms with Crippen LogP contribution < -0.4 is 4.72 Å². The second kappa shape index (κ2) is 5.06. The number of hydrogen-bond acceptors (Lipinski definition) is 3. The van der Waals surface area contributed by atoms with Crippen LogP contribution in [0.25, 0.3) is 0 Å². The predicted octanol–water partition coefficient (Wildman–Crippen LogP) is 1.73. The van der Waals surface area contributed by atoms with Crippen LogP contribution in [0.5, 0.6) is 0 Å². The highest BCUT2D eigenvalue weighted by atomic mass is 32.2. The Morgan fingerprint density at radius 2 is 1.89 bits per heavy atom. The molecule has 0 spiro atoms. The number of halogens is 2. The van der Waals surface area contributed by atoms with Gasteiger partial charge < -0.3 is 0 Å². The van der Waals surface area contributed by atoms with Crippen molar-refractivity contribution in [2.24, 2.45) is 0 Å². The molecule has 0 radical (unpaired) electrons. The normalized spacial score (nSPS) is 13.4. The molecule has 19 heavy (non-hydrogen) atoms. The molecule has 1 aromatic heterocycles. The summed E-state index contributed by atoms with van der Waals surface area (Å²) in [5.74, 6) is -1.61. The van der Waals surface area contributed by atoms with Crippen molar-refractivity contribution in [2.45, 2.75) is 18.0 Å². The van der Waals surface area contributed by atoms with Crippen LogP contribution in [-0.4, -0.2) is 18.6 Å². The third-order valence-electron chi connectivity index (χ3n) is 2.53. The summed E-state index contributed by atoms with van der Waals surface area (Å²) in [6, 6.07) is 3.55. The molecule has 2 rings (SSSR count). The van der Waals surface area contributed by atoms with E-state index in [9.17, 15) is 17.2 Å². The largest absolute Gasteiger partial charge is 0.266 e. The first kappa shape index (κ1) is 13.6. The second-order valence-corrected chi connectivity index (χ2v) is 5.58. The van der Waals surface area contributed by atoms with E-state index in [1.807, 2.05) is 0 Å². The van der Waals surface area contributed by atoms with Gasteiger partial charge in [-0.3, -0.25) is 5.10 Å². The smallest absolute Gasteiger partial charge is 0.258 e. The Morgan fingerprint density at radius 3 is 2.42 bits per heavy atom. The summed E-state index contributed by atoms with van der Waals surface area (Å²) < 4.78 is 53.0. The number of nitrogens with one attached hydrogen (secondary N) is 2. The maximum absolute atomic E-state index is 13.5. The average molecular weight is 287 g/mol. The van der Waals surface area contributed by atoms with Crippen LogP contribution in [0.3, 0.4) is 0 Å². The van der Waals surface area contributed by atoms with Crippen LogP contribution in [0.2, 0.25) is 0 Å². The first-order valence-corrected chi connectivity index (χ1v) is 6.86. The Hall–Kier alpha value is -1.80. The molecular formula is C11H11F2N3O2S. The first-order valence-electron chi connectivity index (χ1n) is 5.37. The molecule has 0 aliphatic rings. The van der Waals surface area contributed by atoms with E-state index >= 15 is 0 Å². The highest BCUT2D eigenvalue weighted by Crippen LogP contribution is 2.21. The number of H-pyrrole nitrogens is 1. The van der Waals surface area contributed by atoms with E-state index in [0.717, 1.165) is 12.1 Å². The summed E-state index contributed by atoms with van der Waals surface area (Å²) in [6.07, 6.45) is 1.27. The number of aromatic nitrogens is 2. The molecule has 1 heterocycles. The molecule has 2 aromatic rings. The summed E-state index contributed by atoms with van der Waals surface area (Å²) in [7, 11) is -3.90. The van der Waals surface area contributed by atoms with E-state index in [1.54, 1.807) is 0 Å². The van der Waals surface area contributed by atoms with E-state index in [1.165, 1.54) is 25.3 Å². The minimum atomic E-state index is -3.90. The molecule has 1 atom stereocenters. The lowest BCUT2D eigenvalue weighted by Gasteiger charge is -2.15. The number of aromatic amines is 1. The van der Waals surface area contributed by atoms with Crippen LogP contribution in [0.15, 0.2) is 35.5 Å². The van der Waals surface area contributed by atoms with Crippen molar-refractivity contribution in [1.29, 1.82) is 0 Å². The van der Waals surface area contributed by atoms with Gasteiger partial charge in [0, 0.05) is 5.56 Å². The van der Waals surface area contributed by atoms with Crippen LogP contribution >= 0.6 is 0 Å². The Bertz CT molecular complexity index is 651. The monoisotopic (exact) mass is 287 g/mol. The number of rotatable bonds is 4. The lowest BCUT2D eigenvalue weighted by atomic mass is 10.1. The zero-order valence-corrected chi connectivity index (χ0v) is 10.7. The van der Waals surface area contributed by atoms with Crippen molar-refractivity contribution < 1.29 is 17.2 Å². The standard InChI is InChI=1S/C11H11F2N3O2S/c1-7(11-8(12)3-2-4-9(11)13)16-19(17,18)10-5-6-14-15-10/h2-7,16H,1H3,(H,14,15). The van der Waals surface area contributed by atoms with Gasteiger partial charge in [-0.25, -0.2) is 21.9 Å². The van der Waals surface area contributed by atoms with E-state index in [4.69, 9.17) is 0 Å². The highest BCUT2D eigenvalue weighted by Gasteiger charge is 2.23. The summed E-state index contributed by atoms with van der Waals surface area (Å²) >= 11 is 0. The lowest BCUT2D eigenvalue weighted by molar-refractivity contribution is 0.513. The minimum Gasteiger partial charge on any atom is -0.266 e. The Kier molecular flexibility index (Phi) is 3.63. The molecule has 2 N–H and O–H groups in total. The molecule has 1 unspecified atom stereocenters. The van der Waals surface area contributed by atoms with Gasteiger partial charge in [0.25, 0.3) is 10.0 Å². The Balaban J connectivity index is 2.30.